The van der Waals surface area contributed by atoms with Gasteiger partial charge in [0, 0.05) is 39.4 Å². The van der Waals surface area contributed by atoms with E-state index >= 15 is 0 Å². The first-order chi connectivity index (χ1) is 13.7. The Kier molecular flexibility index (Phi) is 5.24. The molecule has 3 heterocycles. The number of fused-ring (bicyclic) bond motifs is 2. The number of aliphatic hydroxyl groups is 1. The molecule has 1 aliphatic rings. The van der Waals surface area contributed by atoms with Crippen molar-refractivity contribution in [3.8, 4) is 6.07 Å². The van der Waals surface area contributed by atoms with E-state index in [2.05, 4.69) is 45.3 Å². The monoisotopic (exact) mass is 376 g/mol. The van der Waals surface area contributed by atoms with Crippen molar-refractivity contribution in [2.75, 3.05) is 38.1 Å². The topological polar surface area (TPSA) is 80.7 Å². The average molecular weight is 376 g/mol. The van der Waals surface area contributed by atoms with Crippen molar-refractivity contribution in [2.45, 2.75) is 18.9 Å². The molecule has 0 aliphatic carbocycles. The number of hydrogen-bond donors (Lipinski definition) is 1. The molecule has 0 amide bonds. The molecule has 144 valence electrons. The van der Waals surface area contributed by atoms with Gasteiger partial charge in [0.25, 0.3) is 0 Å². The van der Waals surface area contributed by atoms with Gasteiger partial charge in [0.05, 0.1) is 12.3 Å². The molecule has 0 bridgehead atoms. The SMILES string of the molecule is CN(CC(O)CN1CCc2ccccc2CC1)c1ccnc2c(C#N)cnn12. The van der Waals surface area contributed by atoms with Gasteiger partial charge in [0.2, 0.25) is 0 Å². The van der Waals surface area contributed by atoms with Crippen LogP contribution in [0.5, 0.6) is 0 Å². The molecular weight excluding hydrogens is 352 g/mol. The van der Waals surface area contributed by atoms with Crippen molar-refractivity contribution >= 4 is 11.5 Å². The van der Waals surface area contributed by atoms with E-state index in [0.29, 0.717) is 24.3 Å². The summed E-state index contributed by atoms with van der Waals surface area (Å²) in [5.74, 6) is 0.800. The normalized spacial score (nSPS) is 15.6. The molecule has 0 saturated heterocycles. The second-order valence-electron chi connectivity index (χ2n) is 7.31. The van der Waals surface area contributed by atoms with Gasteiger partial charge in [-0.25, -0.2) is 4.98 Å². The smallest absolute Gasteiger partial charge is 0.175 e. The molecule has 1 unspecified atom stereocenters. The summed E-state index contributed by atoms with van der Waals surface area (Å²) in [6.07, 6.45) is 4.75. The van der Waals surface area contributed by atoms with Crippen LogP contribution in [0.4, 0.5) is 5.82 Å². The Balaban J connectivity index is 1.40. The van der Waals surface area contributed by atoms with E-state index in [1.807, 2.05) is 18.0 Å². The maximum atomic E-state index is 10.7. The number of anilines is 1. The van der Waals surface area contributed by atoms with Crippen LogP contribution in [0.3, 0.4) is 0 Å². The fourth-order valence-corrected chi connectivity index (χ4v) is 3.91. The highest BCUT2D eigenvalue weighted by atomic mass is 16.3. The molecule has 1 aromatic carbocycles. The van der Waals surface area contributed by atoms with Crippen LogP contribution in [0.15, 0.2) is 42.7 Å². The van der Waals surface area contributed by atoms with E-state index in [0.717, 1.165) is 31.7 Å². The van der Waals surface area contributed by atoms with Gasteiger partial charge in [-0.3, -0.25) is 0 Å². The lowest BCUT2D eigenvalue weighted by Gasteiger charge is -2.27. The zero-order chi connectivity index (χ0) is 19.5. The highest BCUT2D eigenvalue weighted by Crippen LogP contribution is 2.18. The van der Waals surface area contributed by atoms with Crippen LogP contribution < -0.4 is 4.90 Å². The largest absolute Gasteiger partial charge is 0.390 e. The fraction of sp³-hybridized carbons (Fsp3) is 0.381. The van der Waals surface area contributed by atoms with Gasteiger partial charge >= 0.3 is 0 Å². The molecule has 0 spiro atoms. The van der Waals surface area contributed by atoms with Crippen LogP contribution in [0.2, 0.25) is 0 Å². The van der Waals surface area contributed by atoms with Gasteiger partial charge < -0.3 is 14.9 Å². The van der Waals surface area contributed by atoms with Crippen molar-refractivity contribution in [2.24, 2.45) is 0 Å². The van der Waals surface area contributed by atoms with Crippen LogP contribution in [-0.2, 0) is 12.8 Å². The predicted molar refractivity (Wildman–Crippen MR) is 107 cm³/mol. The number of β-amino-alcohol motifs (C(OH)–C–C–N with tert-alkyl or cyclic N) is 1. The van der Waals surface area contributed by atoms with E-state index in [1.54, 1.807) is 10.7 Å². The number of likely N-dealkylation sites (N-methyl/N-ethyl adjacent to an activating group) is 1. The second kappa shape index (κ2) is 7.97. The summed E-state index contributed by atoms with van der Waals surface area (Å²) in [4.78, 5) is 8.53. The maximum Gasteiger partial charge on any atom is 0.175 e. The minimum absolute atomic E-state index is 0.444. The van der Waals surface area contributed by atoms with Gasteiger partial charge in [0.15, 0.2) is 5.65 Å². The van der Waals surface area contributed by atoms with Crippen LogP contribution in [0.25, 0.3) is 5.65 Å². The molecule has 0 fully saturated rings. The Bertz CT molecular complexity index is 981. The molecule has 4 rings (SSSR count). The Morgan fingerprint density at radius 2 is 1.93 bits per heavy atom. The number of nitriles is 1. The first-order valence-corrected chi connectivity index (χ1v) is 9.57. The Labute approximate surface area is 164 Å². The van der Waals surface area contributed by atoms with Gasteiger partial charge in [0.1, 0.15) is 17.5 Å². The van der Waals surface area contributed by atoms with E-state index in [4.69, 9.17) is 5.26 Å². The molecule has 1 atom stereocenters. The van der Waals surface area contributed by atoms with Crippen LogP contribution in [0.1, 0.15) is 16.7 Å². The van der Waals surface area contributed by atoms with Crippen LogP contribution >= 0.6 is 0 Å². The molecular formula is C21H24N6O. The lowest BCUT2D eigenvalue weighted by molar-refractivity contribution is 0.120. The molecule has 1 N–H and O–H groups in total. The summed E-state index contributed by atoms with van der Waals surface area (Å²) < 4.78 is 1.65. The summed E-state index contributed by atoms with van der Waals surface area (Å²) in [6.45, 7) is 3.03. The summed E-state index contributed by atoms with van der Waals surface area (Å²) in [7, 11) is 1.92. The lowest BCUT2D eigenvalue weighted by Crippen LogP contribution is -2.40. The third-order valence-corrected chi connectivity index (χ3v) is 5.36. The number of aliphatic hydroxyl groups excluding tert-OH is 1. The quantitative estimate of drug-likeness (QED) is 0.727. The lowest BCUT2D eigenvalue weighted by atomic mass is 10.0. The molecule has 28 heavy (non-hydrogen) atoms. The van der Waals surface area contributed by atoms with Crippen molar-refractivity contribution < 1.29 is 5.11 Å². The standard InChI is InChI=1S/C21H24N6O/c1-25(20-6-9-23-21-18(12-22)13-24-27(20)21)14-19(28)15-26-10-7-16-4-2-3-5-17(16)8-11-26/h2-6,9,13,19,28H,7-8,10-11,14-15H2,1H3. The van der Waals surface area contributed by atoms with Crippen molar-refractivity contribution in [3.05, 3.63) is 59.4 Å². The molecule has 0 saturated carbocycles. The summed E-state index contributed by atoms with van der Waals surface area (Å²) in [6, 6.07) is 12.6. The first-order valence-electron chi connectivity index (χ1n) is 9.57. The van der Waals surface area contributed by atoms with E-state index in [9.17, 15) is 5.11 Å². The molecule has 2 aromatic heterocycles. The summed E-state index contributed by atoms with van der Waals surface area (Å²) in [5, 5.41) is 24.1. The van der Waals surface area contributed by atoms with Crippen molar-refractivity contribution in [3.63, 3.8) is 0 Å². The third kappa shape index (κ3) is 3.70. The highest BCUT2D eigenvalue weighted by Gasteiger charge is 2.19. The summed E-state index contributed by atoms with van der Waals surface area (Å²) >= 11 is 0. The van der Waals surface area contributed by atoms with E-state index in [-0.39, 0.29) is 0 Å². The third-order valence-electron chi connectivity index (χ3n) is 5.36. The average Bonchev–Trinajstić information content (AvgIpc) is 3.03. The number of aromatic nitrogens is 3. The van der Waals surface area contributed by atoms with Crippen molar-refractivity contribution in [1.29, 1.82) is 5.26 Å². The predicted octanol–water partition coefficient (Wildman–Crippen LogP) is 1.50. The van der Waals surface area contributed by atoms with Gasteiger partial charge in [-0.15, -0.1) is 0 Å². The zero-order valence-electron chi connectivity index (χ0n) is 16.0. The number of rotatable bonds is 5. The molecule has 0 radical (unpaired) electrons. The molecule has 7 nitrogen and oxygen atoms in total. The van der Waals surface area contributed by atoms with E-state index in [1.165, 1.54) is 17.3 Å². The second-order valence-corrected chi connectivity index (χ2v) is 7.31. The van der Waals surface area contributed by atoms with Crippen molar-refractivity contribution in [1.82, 2.24) is 19.5 Å². The number of nitrogens with zero attached hydrogens (tertiary/aromatic N) is 6. The minimum atomic E-state index is -0.486. The molecule has 1 aliphatic heterocycles. The molecule has 7 heteroatoms. The van der Waals surface area contributed by atoms with E-state index < -0.39 is 6.10 Å². The van der Waals surface area contributed by atoms with Crippen LogP contribution in [0, 0.1) is 11.3 Å². The molecule has 3 aromatic rings. The van der Waals surface area contributed by atoms with Gasteiger partial charge in [-0.05, 0) is 30.0 Å². The maximum absolute atomic E-state index is 10.7. The van der Waals surface area contributed by atoms with Crippen LogP contribution in [-0.4, -0.2) is 63.9 Å². The number of hydrogen-bond acceptors (Lipinski definition) is 6. The Morgan fingerprint density at radius 1 is 1.21 bits per heavy atom. The van der Waals surface area contributed by atoms with Gasteiger partial charge in [-0.1, -0.05) is 24.3 Å². The first kappa shape index (κ1) is 18.4. The Morgan fingerprint density at radius 3 is 2.61 bits per heavy atom. The fourth-order valence-electron chi connectivity index (χ4n) is 3.91. The summed E-state index contributed by atoms with van der Waals surface area (Å²) in [5.41, 5.74) is 3.82. The number of benzene rings is 1. The van der Waals surface area contributed by atoms with Gasteiger partial charge in [-0.2, -0.15) is 14.9 Å². The zero-order valence-corrected chi connectivity index (χ0v) is 16.0. The Hall–Kier alpha value is -2.95. The highest BCUT2D eigenvalue weighted by molar-refractivity contribution is 5.58. The minimum Gasteiger partial charge on any atom is -0.390 e.